The summed E-state index contributed by atoms with van der Waals surface area (Å²) < 4.78 is 0. The highest BCUT2D eigenvalue weighted by molar-refractivity contribution is 5.61. The van der Waals surface area contributed by atoms with E-state index in [9.17, 15) is 0 Å². The summed E-state index contributed by atoms with van der Waals surface area (Å²) in [4.78, 5) is 4.50. The maximum atomic E-state index is 4.50. The molecule has 2 N–H and O–H groups in total. The average molecular weight is 319 g/mol. The van der Waals surface area contributed by atoms with Gasteiger partial charge in [0.05, 0.1) is 6.20 Å². The van der Waals surface area contributed by atoms with E-state index in [-0.39, 0.29) is 0 Å². The van der Waals surface area contributed by atoms with Gasteiger partial charge < -0.3 is 10.6 Å². The van der Waals surface area contributed by atoms with Crippen molar-refractivity contribution in [2.45, 2.75) is 27.2 Å². The molecule has 0 spiro atoms. The van der Waals surface area contributed by atoms with Gasteiger partial charge in [-0.3, -0.25) is 0 Å². The van der Waals surface area contributed by atoms with Crippen molar-refractivity contribution in [3.8, 4) is 0 Å². The molecule has 1 aromatic heterocycles. The van der Waals surface area contributed by atoms with Gasteiger partial charge in [-0.2, -0.15) is 10.1 Å². The standard InChI is InChI=1S/C19H21N5/c1-4-15-7-5-6-8-17(15)22-19-23-18(12-20-24-19)21-16-10-13(2)9-14(3)11-16/h5-12H,4H2,1-3H3,(H2,21,22,23,24). The van der Waals surface area contributed by atoms with Gasteiger partial charge in [0.1, 0.15) is 0 Å². The van der Waals surface area contributed by atoms with Crippen molar-refractivity contribution in [1.82, 2.24) is 15.2 Å². The van der Waals surface area contributed by atoms with E-state index in [1.54, 1.807) is 6.20 Å². The normalized spacial score (nSPS) is 10.5. The van der Waals surface area contributed by atoms with Crippen LogP contribution in [-0.2, 0) is 6.42 Å². The van der Waals surface area contributed by atoms with Crippen molar-refractivity contribution >= 4 is 23.1 Å². The zero-order valence-electron chi connectivity index (χ0n) is 14.2. The molecule has 0 amide bonds. The van der Waals surface area contributed by atoms with Crippen molar-refractivity contribution < 1.29 is 0 Å². The van der Waals surface area contributed by atoms with Gasteiger partial charge in [0.15, 0.2) is 5.82 Å². The van der Waals surface area contributed by atoms with E-state index >= 15 is 0 Å². The lowest BCUT2D eigenvalue weighted by Gasteiger charge is -2.11. The van der Waals surface area contributed by atoms with Crippen LogP contribution in [-0.4, -0.2) is 15.2 Å². The predicted molar refractivity (Wildman–Crippen MR) is 98.1 cm³/mol. The van der Waals surface area contributed by atoms with Gasteiger partial charge in [-0.1, -0.05) is 31.2 Å². The third-order valence-corrected chi connectivity index (χ3v) is 3.70. The molecule has 5 heteroatoms. The molecule has 1 heterocycles. The molecule has 0 fully saturated rings. The summed E-state index contributed by atoms with van der Waals surface area (Å²) in [5, 5.41) is 14.6. The summed E-state index contributed by atoms with van der Waals surface area (Å²) in [6.45, 7) is 6.27. The monoisotopic (exact) mass is 319 g/mol. The highest BCUT2D eigenvalue weighted by Crippen LogP contribution is 2.21. The molecule has 0 saturated heterocycles. The molecule has 0 radical (unpaired) electrons. The van der Waals surface area contributed by atoms with Gasteiger partial charge in [0.2, 0.25) is 5.95 Å². The first-order valence-corrected chi connectivity index (χ1v) is 8.04. The van der Waals surface area contributed by atoms with Gasteiger partial charge in [-0.25, -0.2) is 0 Å². The summed E-state index contributed by atoms with van der Waals surface area (Å²) in [5.74, 6) is 1.14. The van der Waals surface area contributed by atoms with Gasteiger partial charge in [-0.15, -0.1) is 5.10 Å². The molecule has 5 nitrogen and oxygen atoms in total. The van der Waals surface area contributed by atoms with Crippen LogP contribution in [0.25, 0.3) is 0 Å². The van der Waals surface area contributed by atoms with Crippen LogP contribution in [0.2, 0.25) is 0 Å². The Morgan fingerprint density at radius 2 is 1.71 bits per heavy atom. The van der Waals surface area contributed by atoms with Crippen LogP contribution in [0.1, 0.15) is 23.6 Å². The average Bonchev–Trinajstić information content (AvgIpc) is 2.55. The van der Waals surface area contributed by atoms with Crippen LogP contribution in [0.3, 0.4) is 0 Å². The van der Waals surface area contributed by atoms with Crippen LogP contribution >= 0.6 is 0 Å². The summed E-state index contributed by atoms with van der Waals surface area (Å²) in [6, 6.07) is 14.4. The Morgan fingerprint density at radius 1 is 0.958 bits per heavy atom. The Balaban J connectivity index is 1.81. The quantitative estimate of drug-likeness (QED) is 0.723. The minimum absolute atomic E-state index is 0.477. The largest absolute Gasteiger partial charge is 0.339 e. The van der Waals surface area contributed by atoms with Crippen molar-refractivity contribution in [2.24, 2.45) is 0 Å². The maximum Gasteiger partial charge on any atom is 0.249 e. The van der Waals surface area contributed by atoms with Gasteiger partial charge in [-0.05, 0) is 55.2 Å². The Hall–Kier alpha value is -2.95. The molecule has 0 atom stereocenters. The van der Waals surface area contributed by atoms with Crippen molar-refractivity contribution in [3.05, 3.63) is 65.4 Å². The third kappa shape index (κ3) is 3.87. The van der Waals surface area contributed by atoms with Crippen LogP contribution in [0.15, 0.2) is 48.7 Å². The number of hydrogen-bond donors (Lipinski definition) is 2. The Labute approximate surface area is 142 Å². The van der Waals surface area contributed by atoms with Crippen molar-refractivity contribution in [3.63, 3.8) is 0 Å². The number of hydrogen-bond acceptors (Lipinski definition) is 5. The van der Waals surface area contributed by atoms with Gasteiger partial charge >= 0.3 is 0 Å². The van der Waals surface area contributed by atoms with Crippen LogP contribution in [0.5, 0.6) is 0 Å². The molecule has 24 heavy (non-hydrogen) atoms. The molecule has 122 valence electrons. The number of benzene rings is 2. The van der Waals surface area contributed by atoms with E-state index in [0.29, 0.717) is 11.8 Å². The first-order chi connectivity index (χ1) is 11.6. The highest BCUT2D eigenvalue weighted by Gasteiger charge is 2.05. The van der Waals surface area contributed by atoms with Crippen molar-refractivity contribution in [1.29, 1.82) is 0 Å². The van der Waals surface area contributed by atoms with Crippen LogP contribution in [0, 0.1) is 13.8 Å². The third-order valence-electron chi connectivity index (χ3n) is 3.70. The van der Waals surface area contributed by atoms with Crippen LogP contribution in [0.4, 0.5) is 23.1 Å². The predicted octanol–water partition coefficient (Wildman–Crippen LogP) is 4.54. The lowest BCUT2D eigenvalue weighted by Crippen LogP contribution is -2.04. The fourth-order valence-corrected chi connectivity index (χ4v) is 2.68. The zero-order chi connectivity index (χ0) is 16.9. The molecule has 0 bridgehead atoms. The number of para-hydroxylation sites is 1. The SMILES string of the molecule is CCc1ccccc1Nc1nncc(Nc2cc(C)cc(C)c2)n1. The van der Waals surface area contributed by atoms with E-state index in [1.807, 2.05) is 18.2 Å². The number of rotatable bonds is 5. The second kappa shape index (κ2) is 7.08. The summed E-state index contributed by atoms with van der Waals surface area (Å²) in [5.41, 5.74) is 5.62. The lowest BCUT2D eigenvalue weighted by molar-refractivity contribution is 0.980. The Kier molecular flexibility index (Phi) is 4.70. The number of aromatic nitrogens is 3. The minimum atomic E-state index is 0.477. The first kappa shape index (κ1) is 15.9. The molecule has 3 aromatic rings. The fourth-order valence-electron chi connectivity index (χ4n) is 2.68. The molecule has 0 unspecified atom stereocenters. The number of nitrogens with one attached hydrogen (secondary N) is 2. The second-order valence-electron chi connectivity index (χ2n) is 5.80. The molecule has 2 aromatic carbocycles. The minimum Gasteiger partial charge on any atom is -0.339 e. The Bertz CT molecular complexity index is 824. The molecule has 0 aliphatic carbocycles. The molecule has 0 saturated carbocycles. The zero-order valence-corrected chi connectivity index (χ0v) is 14.2. The molecule has 3 rings (SSSR count). The van der Waals surface area contributed by atoms with E-state index in [1.165, 1.54) is 16.7 Å². The summed E-state index contributed by atoms with van der Waals surface area (Å²) in [6.07, 6.45) is 2.56. The van der Waals surface area contributed by atoms with E-state index in [2.05, 4.69) is 70.9 Å². The number of nitrogens with zero attached hydrogens (tertiary/aromatic N) is 3. The number of anilines is 4. The maximum absolute atomic E-state index is 4.50. The molecule has 0 aliphatic heterocycles. The van der Waals surface area contributed by atoms with E-state index in [0.717, 1.165) is 17.8 Å². The fraction of sp³-hybridized carbons (Fsp3) is 0.211. The second-order valence-corrected chi connectivity index (χ2v) is 5.80. The van der Waals surface area contributed by atoms with Crippen LogP contribution < -0.4 is 10.6 Å². The topological polar surface area (TPSA) is 62.7 Å². The smallest absolute Gasteiger partial charge is 0.249 e. The summed E-state index contributed by atoms with van der Waals surface area (Å²) >= 11 is 0. The first-order valence-electron chi connectivity index (χ1n) is 8.04. The molecule has 0 aliphatic rings. The van der Waals surface area contributed by atoms with Gasteiger partial charge in [0, 0.05) is 11.4 Å². The molecular weight excluding hydrogens is 298 g/mol. The number of aryl methyl sites for hydroxylation is 3. The van der Waals surface area contributed by atoms with E-state index < -0.39 is 0 Å². The lowest BCUT2D eigenvalue weighted by atomic mass is 10.1. The van der Waals surface area contributed by atoms with E-state index in [4.69, 9.17) is 0 Å². The van der Waals surface area contributed by atoms with Crippen molar-refractivity contribution in [2.75, 3.05) is 10.6 Å². The molecular formula is C19H21N5. The highest BCUT2D eigenvalue weighted by atomic mass is 15.3. The van der Waals surface area contributed by atoms with Gasteiger partial charge in [0.25, 0.3) is 0 Å². The Morgan fingerprint density at radius 3 is 2.46 bits per heavy atom. The summed E-state index contributed by atoms with van der Waals surface area (Å²) in [7, 11) is 0.